The fourth-order valence-corrected chi connectivity index (χ4v) is 3.30. The SMILES string of the molecule is CCN(CC)c1ccc(/C=N\NC(=O)c2ccc(OCc3ccc(Br)cc3)cc2)cc1. The number of hydrazone groups is 1. The van der Waals surface area contributed by atoms with Crippen LogP contribution in [0.25, 0.3) is 0 Å². The van der Waals surface area contributed by atoms with E-state index >= 15 is 0 Å². The lowest BCUT2D eigenvalue weighted by atomic mass is 10.2. The molecule has 1 N–H and O–H groups in total. The van der Waals surface area contributed by atoms with Crippen molar-refractivity contribution in [1.29, 1.82) is 0 Å². The highest BCUT2D eigenvalue weighted by Gasteiger charge is 2.05. The van der Waals surface area contributed by atoms with Crippen LogP contribution in [-0.2, 0) is 6.61 Å². The van der Waals surface area contributed by atoms with Crippen LogP contribution in [0.4, 0.5) is 5.69 Å². The topological polar surface area (TPSA) is 53.9 Å². The van der Waals surface area contributed by atoms with Gasteiger partial charge in [-0.1, -0.05) is 40.2 Å². The average Bonchev–Trinajstić information content (AvgIpc) is 2.81. The van der Waals surface area contributed by atoms with E-state index in [0.29, 0.717) is 17.9 Å². The summed E-state index contributed by atoms with van der Waals surface area (Å²) in [4.78, 5) is 14.6. The Morgan fingerprint density at radius 1 is 0.968 bits per heavy atom. The number of nitrogens with zero attached hydrogens (tertiary/aromatic N) is 2. The lowest BCUT2D eigenvalue weighted by Crippen LogP contribution is -2.21. The van der Waals surface area contributed by atoms with Gasteiger partial charge in [-0.05, 0) is 73.5 Å². The number of ether oxygens (including phenoxy) is 1. The van der Waals surface area contributed by atoms with E-state index in [0.717, 1.165) is 28.7 Å². The van der Waals surface area contributed by atoms with Crippen molar-refractivity contribution in [2.45, 2.75) is 20.5 Å². The molecule has 0 saturated heterocycles. The molecule has 6 heteroatoms. The molecule has 0 spiro atoms. The van der Waals surface area contributed by atoms with Crippen molar-refractivity contribution >= 4 is 33.7 Å². The molecule has 0 bridgehead atoms. The Balaban J connectivity index is 1.50. The van der Waals surface area contributed by atoms with E-state index in [9.17, 15) is 4.79 Å². The lowest BCUT2D eigenvalue weighted by molar-refractivity contribution is 0.0955. The Labute approximate surface area is 191 Å². The van der Waals surface area contributed by atoms with E-state index in [-0.39, 0.29) is 5.91 Å². The maximum atomic E-state index is 12.3. The third-order valence-corrected chi connectivity index (χ3v) is 5.37. The number of nitrogens with one attached hydrogen (secondary N) is 1. The minimum atomic E-state index is -0.268. The number of halogens is 1. The summed E-state index contributed by atoms with van der Waals surface area (Å²) >= 11 is 3.42. The molecule has 0 heterocycles. The van der Waals surface area contributed by atoms with Crippen LogP contribution in [-0.4, -0.2) is 25.2 Å². The van der Waals surface area contributed by atoms with Crippen molar-refractivity contribution in [2.24, 2.45) is 5.10 Å². The third-order valence-electron chi connectivity index (χ3n) is 4.84. The summed E-state index contributed by atoms with van der Waals surface area (Å²) in [6, 6.07) is 23.1. The molecule has 1 amide bonds. The monoisotopic (exact) mass is 479 g/mol. The zero-order chi connectivity index (χ0) is 22.1. The molecule has 3 aromatic carbocycles. The highest BCUT2D eigenvalue weighted by Crippen LogP contribution is 2.16. The van der Waals surface area contributed by atoms with Gasteiger partial charge in [0.25, 0.3) is 5.91 Å². The lowest BCUT2D eigenvalue weighted by Gasteiger charge is -2.20. The van der Waals surface area contributed by atoms with Crippen LogP contribution in [0.15, 0.2) is 82.4 Å². The highest BCUT2D eigenvalue weighted by molar-refractivity contribution is 9.10. The van der Waals surface area contributed by atoms with E-state index in [2.05, 4.69) is 57.3 Å². The molecule has 0 fully saturated rings. The normalized spacial score (nSPS) is 10.8. The van der Waals surface area contributed by atoms with Crippen LogP contribution < -0.4 is 15.1 Å². The second kappa shape index (κ2) is 11.3. The van der Waals surface area contributed by atoms with Gasteiger partial charge in [-0.25, -0.2) is 5.43 Å². The van der Waals surface area contributed by atoms with Gasteiger partial charge in [0.05, 0.1) is 6.21 Å². The van der Waals surface area contributed by atoms with Crippen molar-refractivity contribution in [3.05, 3.63) is 94.0 Å². The molecule has 160 valence electrons. The predicted octanol–water partition coefficient (Wildman–Crippen LogP) is 5.64. The average molecular weight is 480 g/mol. The zero-order valence-electron chi connectivity index (χ0n) is 17.7. The first kappa shape index (κ1) is 22.6. The van der Waals surface area contributed by atoms with Crippen molar-refractivity contribution in [1.82, 2.24) is 5.43 Å². The van der Waals surface area contributed by atoms with Gasteiger partial charge in [-0.15, -0.1) is 0 Å². The Bertz CT molecular complexity index is 996. The maximum Gasteiger partial charge on any atom is 0.271 e. The number of anilines is 1. The second-order valence-electron chi connectivity index (χ2n) is 6.90. The van der Waals surface area contributed by atoms with Gasteiger partial charge < -0.3 is 9.64 Å². The summed E-state index contributed by atoms with van der Waals surface area (Å²) in [5.74, 6) is 0.437. The summed E-state index contributed by atoms with van der Waals surface area (Å²) in [5, 5.41) is 4.07. The van der Waals surface area contributed by atoms with E-state index < -0.39 is 0 Å². The van der Waals surface area contributed by atoms with Gasteiger partial charge in [0.15, 0.2) is 0 Å². The van der Waals surface area contributed by atoms with Gasteiger partial charge in [0.1, 0.15) is 12.4 Å². The number of rotatable bonds is 9. The van der Waals surface area contributed by atoms with Gasteiger partial charge >= 0.3 is 0 Å². The number of amides is 1. The first-order chi connectivity index (χ1) is 15.1. The Kier molecular flexibility index (Phi) is 8.24. The van der Waals surface area contributed by atoms with Gasteiger partial charge in [0, 0.05) is 28.8 Å². The smallest absolute Gasteiger partial charge is 0.271 e. The minimum Gasteiger partial charge on any atom is -0.489 e. The van der Waals surface area contributed by atoms with Crippen molar-refractivity contribution < 1.29 is 9.53 Å². The van der Waals surface area contributed by atoms with Gasteiger partial charge in [-0.2, -0.15) is 5.10 Å². The number of carbonyl (C=O) groups is 1. The molecule has 3 rings (SSSR count). The zero-order valence-corrected chi connectivity index (χ0v) is 19.3. The number of hydrogen-bond donors (Lipinski definition) is 1. The summed E-state index contributed by atoms with van der Waals surface area (Å²) in [7, 11) is 0. The molecule has 0 aliphatic rings. The van der Waals surface area contributed by atoms with Crippen molar-refractivity contribution in [3.8, 4) is 5.75 Å². The summed E-state index contributed by atoms with van der Waals surface area (Å²) in [5.41, 5.74) is 6.26. The second-order valence-corrected chi connectivity index (χ2v) is 7.82. The van der Waals surface area contributed by atoms with Crippen LogP contribution >= 0.6 is 15.9 Å². The minimum absolute atomic E-state index is 0.268. The van der Waals surface area contributed by atoms with Crippen LogP contribution in [0.1, 0.15) is 35.3 Å². The molecule has 3 aromatic rings. The number of hydrogen-bond acceptors (Lipinski definition) is 4. The van der Waals surface area contributed by atoms with Crippen LogP contribution in [0, 0.1) is 0 Å². The molecule has 0 atom stereocenters. The molecular formula is C25H26BrN3O2. The largest absolute Gasteiger partial charge is 0.489 e. The van der Waals surface area contributed by atoms with Crippen molar-refractivity contribution in [2.75, 3.05) is 18.0 Å². The molecule has 0 radical (unpaired) electrons. The quantitative estimate of drug-likeness (QED) is 0.319. The standard InChI is InChI=1S/C25H26BrN3O2/c1-3-29(4-2)23-13-7-19(8-14-23)17-27-28-25(30)21-9-15-24(16-10-21)31-18-20-5-11-22(26)12-6-20/h5-17H,3-4,18H2,1-2H3,(H,28,30)/b27-17-. The Morgan fingerprint density at radius 2 is 1.61 bits per heavy atom. The maximum absolute atomic E-state index is 12.3. The Hall–Kier alpha value is -3.12. The highest BCUT2D eigenvalue weighted by atomic mass is 79.9. The van der Waals surface area contributed by atoms with E-state index in [1.807, 2.05) is 36.4 Å². The molecule has 0 unspecified atom stereocenters. The van der Waals surface area contributed by atoms with Crippen LogP contribution in [0.3, 0.4) is 0 Å². The molecular weight excluding hydrogens is 454 g/mol. The number of benzene rings is 3. The van der Waals surface area contributed by atoms with Gasteiger partial charge in [-0.3, -0.25) is 4.79 Å². The molecule has 0 saturated carbocycles. The predicted molar refractivity (Wildman–Crippen MR) is 130 cm³/mol. The number of carbonyl (C=O) groups excluding carboxylic acids is 1. The third kappa shape index (κ3) is 6.69. The van der Waals surface area contributed by atoms with E-state index in [1.165, 1.54) is 5.69 Å². The van der Waals surface area contributed by atoms with Crippen LogP contribution in [0.2, 0.25) is 0 Å². The molecule has 0 aliphatic heterocycles. The molecule has 0 aliphatic carbocycles. The fraction of sp³-hybridized carbons (Fsp3) is 0.200. The first-order valence-electron chi connectivity index (χ1n) is 10.2. The summed E-state index contributed by atoms with van der Waals surface area (Å²) in [6.45, 7) is 6.67. The Morgan fingerprint density at radius 3 is 2.23 bits per heavy atom. The molecule has 5 nitrogen and oxygen atoms in total. The first-order valence-corrected chi connectivity index (χ1v) is 11.0. The summed E-state index contributed by atoms with van der Waals surface area (Å²) < 4.78 is 6.80. The molecule has 0 aromatic heterocycles. The van der Waals surface area contributed by atoms with Crippen LogP contribution in [0.5, 0.6) is 5.75 Å². The molecule has 31 heavy (non-hydrogen) atoms. The summed E-state index contributed by atoms with van der Waals surface area (Å²) in [6.07, 6.45) is 1.64. The van der Waals surface area contributed by atoms with Crippen molar-refractivity contribution in [3.63, 3.8) is 0 Å². The van der Waals surface area contributed by atoms with E-state index in [1.54, 1.807) is 30.5 Å². The van der Waals surface area contributed by atoms with E-state index in [4.69, 9.17) is 4.74 Å². The van der Waals surface area contributed by atoms with Gasteiger partial charge in [0.2, 0.25) is 0 Å². The fourth-order valence-electron chi connectivity index (χ4n) is 3.04.